The Kier molecular flexibility index (Phi) is 7.75. The molecule has 0 spiro atoms. The molecule has 17 heteroatoms. The van der Waals surface area contributed by atoms with Crippen LogP contribution in [0, 0.1) is 0 Å². The van der Waals surface area contributed by atoms with Crippen molar-refractivity contribution in [3.05, 3.63) is 65.2 Å². The summed E-state index contributed by atoms with van der Waals surface area (Å²) in [5.74, 6) is -8.57. The lowest BCUT2D eigenvalue weighted by molar-refractivity contribution is 0.0685. The van der Waals surface area contributed by atoms with E-state index in [9.17, 15) is 56.5 Å². The number of rotatable bonds is 8. The molecule has 0 aliphatic rings. The molecule has 0 amide bonds. The van der Waals surface area contributed by atoms with Crippen LogP contribution in [-0.2, 0) is 26.5 Å². The zero-order chi connectivity index (χ0) is 32.0. The smallest absolute Gasteiger partial charge is 0.344 e. The number of ether oxygens (including phenoxy) is 1. The summed E-state index contributed by atoms with van der Waals surface area (Å²) in [4.78, 5) is 23.2. The predicted octanol–water partition coefficient (Wildman–Crippen LogP) is 2.55. The predicted molar refractivity (Wildman–Crippen MR) is 147 cm³/mol. The first kappa shape index (κ1) is 30.7. The molecule has 4 rings (SSSR count). The van der Waals surface area contributed by atoms with Gasteiger partial charge in [-0.2, -0.15) is 8.42 Å². The standard InChI is InChI=1S/C26H21NO14S2/c1-42(36,37)14-4-11-2-3-13(7-15(11)21(8-14)43(38,39)40)27-10-17-16(9-19(29)24(32)22(17)30)26(35)41-20-6-12(25(33)34)5-18(28)23(20)31/h2-9,27-32H,10H2,1H3,(H,33,34)(H,38,39,40). The van der Waals surface area contributed by atoms with Gasteiger partial charge in [-0.1, -0.05) is 6.07 Å². The largest absolute Gasteiger partial charge is 0.504 e. The van der Waals surface area contributed by atoms with Crippen molar-refractivity contribution in [1.29, 1.82) is 0 Å². The second kappa shape index (κ2) is 10.9. The van der Waals surface area contributed by atoms with Gasteiger partial charge in [0.1, 0.15) is 4.90 Å². The number of nitrogens with one attached hydrogen (secondary N) is 1. The zero-order valence-electron chi connectivity index (χ0n) is 21.6. The Bertz CT molecular complexity index is 2050. The number of phenolic OH excluding ortho intramolecular Hbond substituents is 5. The number of hydrogen-bond acceptors (Lipinski definition) is 13. The highest BCUT2D eigenvalue weighted by atomic mass is 32.2. The lowest BCUT2D eigenvalue weighted by atomic mass is 10.0. The van der Waals surface area contributed by atoms with Crippen molar-refractivity contribution in [3.63, 3.8) is 0 Å². The van der Waals surface area contributed by atoms with Crippen molar-refractivity contribution in [2.24, 2.45) is 0 Å². The summed E-state index contributed by atoms with van der Waals surface area (Å²) in [5, 5.41) is 62.3. The van der Waals surface area contributed by atoms with Crippen molar-refractivity contribution >= 4 is 48.4 Å². The highest BCUT2D eigenvalue weighted by Gasteiger charge is 2.25. The monoisotopic (exact) mass is 635 g/mol. The summed E-state index contributed by atoms with van der Waals surface area (Å²) in [6.45, 7) is -0.509. The van der Waals surface area contributed by atoms with Crippen molar-refractivity contribution in [3.8, 4) is 34.5 Å². The van der Waals surface area contributed by atoms with Crippen LogP contribution < -0.4 is 10.1 Å². The third kappa shape index (κ3) is 6.17. The molecule has 15 nitrogen and oxygen atoms in total. The SMILES string of the molecule is CS(=O)(=O)c1cc(S(=O)(=O)O)c2cc(NCc3c(C(=O)Oc4cc(C(=O)O)cc(O)c4O)cc(O)c(O)c3O)ccc2c1. The minimum atomic E-state index is -4.91. The topological polar surface area (TPSA) is 265 Å². The molecule has 0 atom stereocenters. The third-order valence-corrected chi connectivity index (χ3v) is 8.13. The van der Waals surface area contributed by atoms with Crippen LogP contribution in [0.2, 0.25) is 0 Å². The van der Waals surface area contributed by atoms with E-state index in [1.54, 1.807) is 0 Å². The molecule has 0 bridgehead atoms. The van der Waals surface area contributed by atoms with Gasteiger partial charge >= 0.3 is 11.9 Å². The Morgan fingerprint density at radius 1 is 0.837 bits per heavy atom. The van der Waals surface area contributed by atoms with Crippen molar-refractivity contribution in [2.45, 2.75) is 16.3 Å². The molecule has 43 heavy (non-hydrogen) atoms. The number of carbonyl (C=O) groups is 2. The molecule has 0 heterocycles. The van der Waals surface area contributed by atoms with Gasteiger partial charge in [-0.15, -0.1) is 0 Å². The lowest BCUT2D eigenvalue weighted by Crippen LogP contribution is -2.14. The summed E-state index contributed by atoms with van der Waals surface area (Å²) in [7, 11) is -8.76. The minimum Gasteiger partial charge on any atom is -0.504 e. The van der Waals surface area contributed by atoms with E-state index in [4.69, 9.17) is 9.84 Å². The van der Waals surface area contributed by atoms with E-state index in [1.165, 1.54) is 24.3 Å². The van der Waals surface area contributed by atoms with Gasteiger partial charge in [-0.05, 0) is 47.9 Å². The summed E-state index contributed by atoms with van der Waals surface area (Å²) < 4.78 is 62.8. The van der Waals surface area contributed by atoms with Crippen LogP contribution in [0.5, 0.6) is 34.5 Å². The van der Waals surface area contributed by atoms with Crippen LogP contribution in [0.25, 0.3) is 10.8 Å². The van der Waals surface area contributed by atoms with Gasteiger partial charge in [0.2, 0.25) is 11.5 Å². The fourth-order valence-corrected chi connectivity index (χ4v) is 5.50. The molecule has 226 valence electrons. The maximum Gasteiger partial charge on any atom is 0.344 e. The summed E-state index contributed by atoms with van der Waals surface area (Å²) >= 11 is 0. The number of sulfone groups is 1. The second-order valence-electron chi connectivity index (χ2n) is 9.11. The minimum absolute atomic E-state index is 0.0918. The Balaban J connectivity index is 1.74. The number of esters is 1. The van der Waals surface area contributed by atoms with Gasteiger partial charge < -0.3 is 40.7 Å². The maximum absolute atomic E-state index is 13.0. The Hall–Kier alpha value is -5.26. The summed E-state index contributed by atoms with van der Waals surface area (Å²) in [6.07, 6.45) is 0.854. The lowest BCUT2D eigenvalue weighted by Gasteiger charge is -2.16. The van der Waals surface area contributed by atoms with Gasteiger partial charge in [0, 0.05) is 29.4 Å². The van der Waals surface area contributed by atoms with Gasteiger partial charge in [-0.25, -0.2) is 18.0 Å². The number of benzene rings is 4. The number of carboxylic acids is 1. The average molecular weight is 636 g/mol. The summed E-state index contributed by atoms with van der Waals surface area (Å²) in [6, 6.07) is 8.01. The van der Waals surface area contributed by atoms with E-state index in [1.807, 2.05) is 0 Å². The molecule has 0 radical (unpaired) electrons. The molecule has 0 saturated carbocycles. The van der Waals surface area contributed by atoms with Crippen LogP contribution in [0.3, 0.4) is 0 Å². The van der Waals surface area contributed by atoms with E-state index in [0.717, 1.165) is 18.4 Å². The molecular weight excluding hydrogens is 614 g/mol. The van der Waals surface area contributed by atoms with Gasteiger partial charge in [0.05, 0.1) is 16.0 Å². The van der Waals surface area contributed by atoms with Crippen molar-refractivity contribution in [2.75, 3.05) is 11.6 Å². The normalized spacial score (nSPS) is 11.8. The number of fused-ring (bicyclic) bond motifs is 1. The maximum atomic E-state index is 13.0. The molecule has 0 aliphatic heterocycles. The number of aromatic carboxylic acids is 1. The van der Waals surface area contributed by atoms with Crippen molar-refractivity contribution in [1.82, 2.24) is 0 Å². The number of carboxylic acid groups (broad SMARTS) is 1. The highest BCUT2D eigenvalue weighted by molar-refractivity contribution is 7.90. The molecule has 0 aromatic heterocycles. The first-order chi connectivity index (χ1) is 19.9. The van der Waals surface area contributed by atoms with Crippen LogP contribution in [0.4, 0.5) is 5.69 Å². The number of phenols is 5. The first-order valence-corrected chi connectivity index (χ1v) is 15.0. The first-order valence-electron chi connectivity index (χ1n) is 11.7. The van der Waals surface area contributed by atoms with E-state index in [0.29, 0.717) is 12.1 Å². The van der Waals surface area contributed by atoms with Crippen LogP contribution >= 0.6 is 0 Å². The van der Waals surface area contributed by atoms with Crippen LogP contribution in [0.1, 0.15) is 26.3 Å². The van der Waals surface area contributed by atoms with Crippen molar-refractivity contribution < 1.29 is 66.4 Å². The molecular formula is C26H21NO14S2. The number of aromatic hydroxyl groups is 5. The molecule has 0 fully saturated rings. The summed E-state index contributed by atoms with van der Waals surface area (Å²) in [5.41, 5.74) is -1.41. The van der Waals surface area contributed by atoms with E-state index in [2.05, 4.69) is 5.32 Å². The zero-order valence-corrected chi connectivity index (χ0v) is 23.3. The number of carbonyl (C=O) groups excluding carboxylic acids is 1. The quantitative estimate of drug-likeness (QED) is 0.0598. The average Bonchev–Trinajstić information content (AvgIpc) is 2.91. The fourth-order valence-electron chi connectivity index (χ4n) is 4.02. The Morgan fingerprint density at radius 3 is 2.09 bits per heavy atom. The third-order valence-electron chi connectivity index (χ3n) is 6.15. The second-order valence-corrected chi connectivity index (χ2v) is 12.5. The molecule has 0 unspecified atom stereocenters. The van der Waals surface area contributed by atoms with Gasteiger partial charge in [-0.3, -0.25) is 4.55 Å². The highest BCUT2D eigenvalue weighted by Crippen LogP contribution is 2.42. The van der Waals surface area contributed by atoms with E-state index in [-0.39, 0.29) is 26.9 Å². The van der Waals surface area contributed by atoms with Crippen LogP contribution in [-0.4, -0.2) is 70.2 Å². The van der Waals surface area contributed by atoms with E-state index < -0.39 is 89.0 Å². The fraction of sp³-hybridized carbons (Fsp3) is 0.0769. The van der Waals surface area contributed by atoms with E-state index >= 15 is 0 Å². The Labute approximate surface area is 242 Å². The Morgan fingerprint density at radius 2 is 1.49 bits per heavy atom. The molecule has 4 aromatic rings. The molecule has 0 saturated heterocycles. The number of hydrogen-bond donors (Lipinski definition) is 8. The van der Waals surface area contributed by atoms with Crippen LogP contribution in [0.15, 0.2) is 58.3 Å². The number of anilines is 1. The van der Waals surface area contributed by atoms with Gasteiger partial charge in [0.25, 0.3) is 10.1 Å². The molecule has 8 N–H and O–H groups in total. The van der Waals surface area contributed by atoms with Gasteiger partial charge in [0.15, 0.2) is 32.8 Å². The molecule has 4 aromatic carbocycles. The molecule has 0 aliphatic carbocycles.